The molecule has 0 radical (unpaired) electrons. The zero-order valence-electron chi connectivity index (χ0n) is 18.9. The number of aromatic nitrogens is 1. The number of H-pyrrole nitrogens is 1. The molecule has 6 nitrogen and oxygen atoms in total. The molecule has 0 fully saturated rings. The van der Waals surface area contributed by atoms with Crippen LogP contribution in [0.2, 0.25) is 0 Å². The van der Waals surface area contributed by atoms with Crippen molar-refractivity contribution in [3.8, 4) is 0 Å². The van der Waals surface area contributed by atoms with Gasteiger partial charge in [0.25, 0.3) is 5.91 Å². The van der Waals surface area contributed by atoms with Crippen LogP contribution in [0.25, 0.3) is 10.9 Å². The van der Waals surface area contributed by atoms with Crippen LogP contribution >= 0.6 is 0 Å². The van der Waals surface area contributed by atoms with Crippen LogP contribution in [0.3, 0.4) is 0 Å². The number of hydrogen-bond acceptors (Lipinski definition) is 3. The predicted molar refractivity (Wildman–Crippen MR) is 128 cm³/mol. The Morgan fingerprint density at radius 1 is 1.00 bits per heavy atom. The second-order valence-corrected chi connectivity index (χ2v) is 8.19. The molecule has 0 spiro atoms. The molecule has 4 rings (SSSR count). The van der Waals surface area contributed by atoms with E-state index in [1.807, 2.05) is 0 Å². The van der Waals surface area contributed by atoms with Gasteiger partial charge in [0.05, 0.1) is 0 Å². The molecule has 0 aliphatic heterocycles. The highest BCUT2D eigenvalue weighted by atomic mass is 16.4. The van der Waals surface area contributed by atoms with Crippen LogP contribution in [0.1, 0.15) is 48.2 Å². The lowest BCUT2D eigenvalue weighted by Gasteiger charge is -2.34. The van der Waals surface area contributed by atoms with Crippen molar-refractivity contribution in [2.24, 2.45) is 0 Å². The minimum Gasteiger partial charge on any atom is -0.480 e. The summed E-state index contributed by atoms with van der Waals surface area (Å²) in [7, 11) is 0. The zero-order valence-corrected chi connectivity index (χ0v) is 18.9. The van der Waals surface area contributed by atoms with Crippen LogP contribution in [-0.2, 0) is 17.6 Å². The largest absolute Gasteiger partial charge is 0.480 e. The molecule has 1 unspecified atom stereocenters. The van der Waals surface area contributed by atoms with E-state index in [-0.39, 0.29) is 12.5 Å². The fourth-order valence-corrected chi connectivity index (χ4v) is 4.40. The summed E-state index contributed by atoms with van der Waals surface area (Å²) < 4.78 is 0. The zero-order chi connectivity index (χ0) is 22.9. The number of amides is 1. The number of carbonyl (C=O) groups excluding carboxylic acids is 1. The lowest BCUT2D eigenvalue weighted by atomic mass is 9.88. The number of aliphatic carboxylic acids is 1. The summed E-state index contributed by atoms with van der Waals surface area (Å²) in [5.74, 6) is -1.42. The van der Waals surface area contributed by atoms with E-state index in [0.717, 1.165) is 0 Å². The Kier molecular flexibility index (Phi) is 8.45. The van der Waals surface area contributed by atoms with E-state index in [0.29, 0.717) is 11.6 Å². The molecular formula is C26H33N3O3. The monoisotopic (exact) mass is 435 g/mol. The lowest BCUT2D eigenvalue weighted by Crippen LogP contribution is -2.40. The number of nitrogens with one attached hydrogen (secondary N) is 2. The van der Waals surface area contributed by atoms with Crippen LogP contribution < -0.4 is 5.32 Å². The normalized spacial score (nSPS) is 14.7. The van der Waals surface area contributed by atoms with Crippen LogP contribution in [0.4, 0.5) is 0 Å². The molecule has 1 amide bonds. The van der Waals surface area contributed by atoms with Crippen LogP contribution in [0.5, 0.6) is 0 Å². The molecule has 1 heterocycles. The van der Waals surface area contributed by atoms with Crippen molar-refractivity contribution in [1.29, 1.82) is 0 Å². The number of carboxylic acid groups (broad SMARTS) is 1. The molecule has 32 heavy (non-hydrogen) atoms. The third-order valence-corrected chi connectivity index (χ3v) is 5.76. The molecule has 0 bridgehead atoms. The Bertz CT molecular complexity index is 1020. The van der Waals surface area contributed by atoms with Crippen molar-refractivity contribution in [2.45, 2.75) is 45.6 Å². The maximum Gasteiger partial charge on any atom is 0.322 e. The number of rotatable bonds is 8. The maximum atomic E-state index is 11.2. The van der Waals surface area contributed by atoms with Crippen molar-refractivity contribution >= 4 is 22.8 Å². The van der Waals surface area contributed by atoms with Gasteiger partial charge in [-0.25, -0.2) is 0 Å². The summed E-state index contributed by atoms with van der Waals surface area (Å²) >= 11 is 0. The third kappa shape index (κ3) is 5.98. The van der Waals surface area contributed by atoms with Gasteiger partial charge in [-0.3, -0.25) is 14.5 Å². The molecule has 1 aromatic heterocycles. The van der Waals surface area contributed by atoms with E-state index >= 15 is 0 Å². The summed E-state index contributed by atoms with van der Waals surface area (Å²) in [4.78, 5) is 27.4. The molecule has 0 saturated carbocycles. The Morgan fingerprint density at radius 2 is 1.69 bits per heavy atom. The molecule has 2 aromatic carbocycles. The highest BCUT2D eigenvalue weighted by Gasteiger charge is 2.25. The van der Waals surface area contributed by atoms with Crippen molar-refractivity contribution in [3.05, 3.63) is 71.4 Å². The van der Waals surface area contributed by atoms with E-state index in [4.69, 9.17) is 5.11 Å². The van der Waals surface area contributed by atoms with E-state index in [1.54, 1.807) is 30.3 Å². The summed E-state index contributed by atoms with van der Waals surface area (Å²) in [6.07, 6.45) is 7.14. The number of carboxylic acids is 1. The number of benzene rings is 2. The Morgan fingerprint density at radius 3 is 2.34 bits per heavy atom. The van der Waals surface area contributed by atoms with E-state index in [1.165, 1.54) is 60.8 Å². The number of hydrogen-bond donors (Lipinski definition) is 3. The van der Waals surface area contributed by atoms with Crippen LogP contribution in [-0.4, -0.2) is 52.5 Å². The topological polar surface area (TPSA) is 85.4 Å². The summed E-state index contributed by atoms with van der Waals surface area (Å²) in [5, 5.41) is 12.0. The van der Waals surface area contributed by atoms with Gasteiger partial charge in [-0.05, 0) is 68.1 Å². The molecule has 1 atom stereocenters. The molecule has 170 valence electrons. The Hall–Kier alpha value is -3.12. The van der Waals surface area contributed by atoms with Crippen LogP contribution in [0.15, 0.2) is 54.7 Å². The fourth-order valence-electron chi connectivity index (χ4n) is 4.40. The minimum atomic E-state index is -1.05. The second kappa shape index (κ2) is 11.5. The Balaban J connectivity index is 0.000000195. The van der Waals surface area contributed by atoms with Gasteiger partial charge in [0.1, 0.15) is 6.54 Å². The quantitative estimate of drug-likeness (QED) is 0.494. The molecule has 1 aliphatic rings. The number of nitrogens with zero attached hydrogens (tertiary/aromatic N) is 1. The highest BCUT2D eigenvalue weighted by Crippen LogP contribution is 2.31. The van der Waals surface area contributed by atoms with Gasteiger partial charge in [0.2, 0.25) is 0 Å². The summed E-state index contributed by atoms with van der Waals surface area (Å²) in [6, 6.07) is 15.8. The third-order valence-electron chi connectivity index (χ3n) is 5.76. The first kappa shape index (κ1) is 23.5. The van der Waals surface area contributed by atoms with E-state index in [9.17, 15) is 9.59 Å². The maximum absolute atomic E-state index is 11.2. The molecule has 0 saturated heterocycles. The van der Waals surface area contributed by atoms with Crippen molar-refractivity contribution in [1.82, 2.24) is 15.2 Å². The fraction of sp³-hybridized carbons (Fsp3) is 0.385. The Labute approximate surface area is 189 Å². The van der Waals surface area contributed by atoms with Crippen molar-refractivity contribution < 1.29 is 14.7 Å². The van der Waals surface area contributed by atoms with Gasteiger partial charge in [-0.15, -0.1) is 0 Å². The van der Waals surface area contributed by atoms with Gasteiger partial charge >= 0.3 is 5.97 Å². The van der Waals surface area contributed by atoms with E-state index in [2.05, 4.69) is 53.4 Å². The molecule has 6 heteroatoms. The number of carbonyl (C=O) groups is 2. The van der Waals surface area contributed by atoms with Gasteiger partial charge in [-0.1, -0.05) is 44.2 Å². The van der Waals surface area contributed by atoms with Crippen molar-refractivity contribution in [3.63, 3.8) is 0 Å². The smallest absolute Gasteiger partial charge is 0.322 e. The van der Waals surface area contributed by atoms with Gasteiger partial charge in [-0.2, -0.15) is 0 Å². The van der Waals surface area contributed by atoms with Crippen LogP contribution in [0, 0.1) is 0 Å². The first-order valence-electron chi connectivity index (χ1n) is 11.4. The average molecular weight is 436 g/mol. The first-order chi connectivity index (χ1) is 15.5. The van der Waals surface area contributed by atoms with Gasteiger partial charge < -0.3 is 15.4 Å². The number of aromatic amines is 1. The van der Waals surface area contributed by atoms with Gasteiger partial charge in [0.15, 0.2) is 0 Å². The molecule has 1 aliphatic carbocycles. The SMILES string of the molecule is CCCN(CCC)C1Cc2cccc3[nH]cc(c23)C1.O=C(O)CNC(=O)c1ccccc1. The summed E-state index contributed by atoms with van der Waals surface area (Å²) in [6.45, 7) is 6.68. The standard InChI is InChI=1S/C17H24N2.C9H9NO3/c1-3-8-19(9-4-2)15-10-13-6-5-7-16-17(13)14(11-15)12-18-16;11-8(12)6-10-9(13)7-4-2-1-3-5-7/h5-7,12,15,18H,3-4,8-11H2,1-2H3;1-5H,6H2,(H,10,13)(H,11,12). The predicted octanol–water partition coefficient (Wildman–Crippen LogP) is 4.26. The average Bonchev–Trinajstić information content (AvgIpc) is 3.23. The molecule has 3 aromatic rings. The minimum absolute atomic E-state index is 0.353. The lowest BCUT2D eigenvalue weighted by molar-refractivity contribution is -0.135. The van der Waals surface area contributed by atoms with Gasteiger partial charge in [0, 0.05) is 28.7 Å². The van der Waals surface area contributed by atoms with Crippen molar-refractivity contribution in [2.75, 3.05) is 19.6 Å². The first-order valence-corrected chi connectivity index (χ1v) is 11.4. The molecule has 3 N–H and O–H groups in total. The van der Waals surface area contributed by atoms with E-state index < -0.39 is 5.97 Å². The molecular weight excluding hydrogens is 402 g/mol. The second-order valence-electron chi connectivity index (χ2n) is 8.19. The summed E-state index contributed by atoms with van der Waals surface area (Å²) in [5.41, 5.74) is 4.81. The highest BCUT2D eigenvalue weighted by molar-refractivity contribution is 5.95.